The zero-order chi connectivity index (χ0) is 13.3. The number of rotatable bonds is 1. The molecular weight excluding hydrogens is 244 g/mol. The molecule has 0 bridgehead atoms. The standard InChI is InChI=1S/C11H6O7/c1-16-11(15)18-8(12)5-2-3-6-7(4-5)10(14)17-9(6)13/h2-4H,1H3. The fraction of sp³-hybridized carbons (Fsp3) is 0.0909. The van der Waals surface area contributed by atoms with Gasteiger partial charge in [-0.2, -0.15) is 0 Å². The van der Waals surface area contributed by atoms with Gasteiger partial charge in [-0.05, 0) is 18.2 Å². The number of carbonyl (C=O) groups is 4. The van der Waals surface area contributed by atoms with Crippen LogP contribution < -0.4 is 0 Å². The Kier molecular flexibility index (Phi) is 2.80. The van der Waals surface area contributed by atoms with Crippen molar-refractivity contribution in [2.75, 3.05) is 7.11 Å². The van der Waals surface area contributed by atoms with Crippen LogP contribution in [0.5, 0.6) is 0 Å². The number of methoxy groups -OCH3 is 1. The summed E-state index contributed by atoms with van der Waals surface area (Å²) in [5.41, 5.74) is -0.0419. The minimum absolute atomic E-state index is 0.0423. The second kappa shape index (κ2) is 4.28. The van der Waals surface area contributed by atoms with Gasteiger partial charge in [-0.3, -0.25) is 0 Å². The van der Waals surface area contributed by atoms with E-state index >= 15 is 0 Å². The molecule has 18 heavy (non-hydrogen) atoms. The van der Waals surface area contributed by atoms with E-state index < -0.39 is 24.1 Å². The number of benzene rings is 1. The SMILES string of the molecule is COC(=O)OC(=O)c1ccc2c(c1)C(=O)OC2=O. The van der Waals surface area contributed by atoms with Crippen molar-refractivity contribution in [3.8, 4) is 0 Å². The number of cyclic esters (lactones) is 2. The summed E-state index contributed by atoms with van der Waals surface area (Å²) in [7, 11) is 1.05. The van der Waals surface area contributed by atoms with Crippen LogP contribution in [0.25, 0.3) is 0 Å². The zero-order valence-electron chi connectivity index (χ0n) is 9.09. The Balaban J connectivity index is 2.30. The van der Waals surface area contributed by atoms with Crippen LogP contribution in [0.3, 0.4) is 0 Å². The van der Waals surface area contributed by atoms with Gasteiger partial charge in [-0.1, -0.05) is 0 Å². The summed E-state index contributed by atoms with van der Waals surface area (Å²) in [6, 6.07) is 3.61. The van der Waals surface area contributed by atoms with E-state index in [9.17, 15) is 19.2 Å². The van der Waals surface area contributed by atoms with Crippen molar-refractivity contribution in [2.24, 2.45) is 0 Å². The number of carbonyl (C=O) groups excluding carboxylic acids is 4. The van der Waals surface area contributed by atoms with E-state index in [4.69, 9.17) is 0 Å². The molecule has 0 aromatic heterocycles. The summed E-state index contributed by atoms with van der Waals surface area (Å²) in [6.07, 6.45) is -1.17. The van der Waals surface area contributed by atoms with E-state index in [2.05, 4.69) is 14.2 Å². The number of esters is 3. The van der Waals surface area contributed by atoms with Crippen molar-refractivity contribution in [1.82, 2.24) is 0 Å². The molecule has 0 atom stereocenters. The first-order valence-electron chi connectivity index (χ1n) is 4.73. The Morgan fingerprint density at radius 2 is 1.78 bits per heavy atom. The normalized spacial score (nSPS) is 12.7. The van der Waals surface area contributed by atoms with Crippen molar-refractivity contribution in [3.63, 3.8) is 0 Å². The van der Waals surface area contributed by atoms with Gasteiger partial charge < -0.3 is 14.2 Å². The van der Waals surface area contributed by atoms with Gasteiger partial charge in [0.1, 0.15) is 0 Å². The highest BCUT2D eigenvalue weighted by atomic mass is 16.7. The Labute approximate surface area is 100 Å². The van der Waals surface area contributed by atoms with Crippen LogP contribution in [0, 0.1) is 0 Å². The molecule has 1 aromatic carbocycles. The number of ether oxygens (including phenoxy) is 3. The molecule has 7 heteroatoms. The minimum atomic E-state index is -1.17. The fourth-order valence-electron chi connectivity index (χ4n) is 1.39. The first-order valence-corrected chi connectivity index (χ1v) is 4.73. The van der Waals surface area contributed by atoms with Crippen LogP contribution >= 0.6 is 0 Å². The van der Waals surface area contributed by atoms with E-state index in [-0.39, 0.29) is 16.7 Å². The number of fused-ring (bicyclic) bond motifs is 1. The molecule has 1 aliphatic rings. The molecular formula is C11H6O7. The van der Waals surface area contributed by atoms with Crippen LogP contribution in [-0.2, 0) is 14.2 Å². The lowest BCUT2D eigenvalue weighted by Crippen LogP contribution is -2.12. The Morgan fingerprint density at radius 3 is 2.44 bits per heavy atom. The lowest BCUT2D eigenvalue weighted by atomic mass is 10.1. The van der Waals surface area contributed by atoms with Crippen LogP contribution in [0.4, 0.5) is 4.79 Å². The first-order chi connectivity index (χ1) is 8.52. The third-order valence-electron chi connectivity index (χ3n) is 2.22. The first kappa shape index (κ1) is 11.8. The van der Waals surface area contributed by atoms with Crippen LogP contribution in [0.1, 0.15) is 31.1 Å². The van der Waals surface area contributed by atoms with Gasteiger partial charge in [0.2, 0.25) is 0 Å². The van der Waals surface area contributed by atoms with Crippen molar-refractivity contribution in [1.29, 1.82) is 0 Å². The summed E-state index contributed by atoms with van der Waals surface area (Å²) in [5.74, 6) is -2.61. The molecule has 0 fully saturated rings. The molecule has 0 unspecified atom stereocenters. The molecule has 1 aliphatic heterocycles. The van der Waals surface area contributed by atoms with Gasteiger partial charge >= 0.3 is 24.1 Å². The van der Waals surface area contributed by atoms with Gasteiger partial charge in [0.05, 0.1) is 23.8 Å². The third kappa shape index (κ3) is 1.93. The maximum absolute atomic E-state index is 11.4. The van der Waals surface area contributed by atoms with Crippen molar-refractivity contribution >= 4 is 24.1 Å². The summed E-state index contributed by atoms with van der Waals surface area (Å²) >= 11 is 0. The summed E-state index contributed by atoms with van der Waals surface area (Å²) in [5, 5.41) is 0. The highest BCUT2D eigenvalue weighted by Crippen LogP contribution is 2.21. The molecule has 2 rings (SSSR count). The van der Waals surface area contributed by atoms with Gasteiger partial charge in [0.15, 0.2) is 0 Å². The topological polar surface area (TPSA) is 96.0 Å². The average Bonchev–Trinajstić information content (AvgIpc) is 2.64. The second-order valence-electron chi connectivity index (χ2n) is 3.28. The summed E-state index contributed by atoms with van der Waals surface area (Å²) in [6.45, 7) is 0. The predicted molar refractivity (Wildman–Crippen MR) is 54.0 cm³/mol. The largest absolute Gasteiger partial charge is 0.516 e. The van der Waals surface area contributed by atoms with Crippen LogP contribution in [-0.4, -0.2) is 31.2 Å². The Bertz CT molecular complexity index is 573. The number of hydrogen-bond donors (Lipinski definition) is 0. The minimum Gasteiger partial charge on any atom is -0.437 e. The van der Waals surface area contributed by atoms with E-state index in [1.165, 1.54) is 12.1 Å². The van der Waals surface area contributed by atoms with Crippen LogP contribution in [0.2, 0.25) is 0 Å². The lowest BCUT2D eigenvalue weighted by Gasteiger charge is -2.01. The van der Waals surface area contributed by atoms with Gasteiger partial charge in [-0.25, -0.2) is 19.2 Å². The maximum atomic E-state index is 11.4. The average molecular weight is 250 g/mol. The molecule has 1 aromatic rings. The molecule has 0 amide bonds. The molecule has 0 spiro atoms. The summed E-state index contributed by atoms with van der Waals surface area (Å²) in [4.78, 5) is 44.6. The smallest absolute Gasteiger partial charge is 0.437 e. The summed E-state index contributed by atoms with van der Waals surface area (Å²) < 4.78 is 12.8. The maximum Gasteiger partial charge on any atom is 0.516 e. The van der Waals surface area contributed by atoms with E-state index in [0.717, 1.165) is 13.2 Å². The van der Waals surface area contributed by atoms with Crippen molar-refractivity contribution < 1.29 is 33.4 Å². The van der Waals surface area contributed by atoms with Gasteiger partial charge in [-0.15, -0.1) is 0 Å². The monoisotopic (exact) mass is 250 g/mol. The highest BCUT2D eigenvalue weighted by Gasteiger charge is 2.30. The predicted octanol–water partition coefficient (Wildman–Crippen LogP) is 0.920. The zero-order valence-corrected chi connectivity index (χ0v) is 9.09. The molecule has 0 aliphatic carbocycles. The Hall–Kier alpha value is -2.70. The molecule has 0 N–H and O–H groups in total. The van der Waals surface area contributed by atoms with Crippen LogP contribution in [0.15, 0.2) is 18.2 Å². The van der Waals surface area contributed by atoms with E-state index in [1.807, 2.05) is 0 Å². The van der Waals surface area contributed by atoms with E-state index in [0.29, 0.717) is 0 Å². The lowest BCUT2D eigenvalue weighted by molar-refractivity contribution is 0.0433. The molecule has 0 saturated heterocycles. The fourth-order valence-corrected chi connectivity index (χ4v) is 1.39. The van der Waals surface area contributed by atoms with E-state index in [1.54, 1.807) is 0 Å². The molecule has 1 heterocycles. The molecule has 92 valence electrons. The highest BCUT2D eigenvalue weighted by molar-refractivity contribution is 6.15. The Morgan fingerprint density at radius 1 is 1.11 bits per heavy atom. The molecule has 0 saturated carbocycles. The van der Waals surface area contributed by atoms with Gasteiger partial charge in [0, 0.05) is 0 Å². The number of hydrogen-bond acceptors (Lipinski definition) is 7. The third-order valence-corrected chi connectivity index (χ3v) is 2.22. The second-order valence-corrected chi connectivity index (χ2v) is 3.28. The molecule has 0 radical (unpaired) electrons. The molecule has 7 nitrogen and oxygen atoms in total. The van der Waals surface area contributed by atoms with Crippen molar-refractivity contribution in [2.45, 2.75) is 0 Å². The van der Waals surface area contributed by atoms with Gasteiger partial charge in [0.25, 0.3) is 0 Å². The quantitative estimate of drug-likeness (QED) is 0.540. The van der Waals surface area contributed by atoms with Crippen molar-refractivity contribution in [3.05, 3.63) is 34.9 Å².